The molecular weight excluding hydrogens is 266 g/mol. The Hall–Kier alpha value is -1.41. The normalized spacial score (nSPS) is 12.4. The molecule has 19 heavy (non-hydrogen) atoms. The molecule has 0 spiro atoms. The third-order valence-electron chi connectivity index (χ3n) is 3.19. The summed E-state index contributed by atoms with van der Waals surface area (Å²) >= 11 is 6.25. The van der Waals surface area contributed by atoms with E-state index < -0.39 is 17.0 Å². The number of hydrogen-bond acceptors (Lipinski definition) is 0. The van der Waals surface area contributed by atoms with Crippen molar-refractivity contribution in [1.82, 2.24) is 0 Å². The molecule has 0 radical (unpaired) electrons. The summed E-state index contributed by atoms with van der Waals surface area (Å²) in [5.41, 5.74) is 2.13. The molecule has 100 valence electrons. The predicted octanol–water partition coefficient (Wildman–Crippen LogP) is 5.05. The maximum Gasteiger partial charge on any atom is 0.129 e. The molecule has 0 fully saturated rings. The predicted molar refractivity (Wildman–Crippen MR) is 74.5 cm³/mol. The van der Waals surface area contributed by atoms with Gasteiger partial charge in [0.05, 0.1) is 5.38 Å². The third kappa shape index (κ3) is 3.32. The molecule has 2 rings (SSSR count). The highest BCUT2D eigenvalue weighted by Gasteiger charge is 2.15. The fourth-order valence-corrected chi connectivity index (χ4v) is 2.29. The standard InChI is InChI=1S/C16H15ClF2/c1-2-11-6-8-12(9-7-11)14(17)10-13-15(18)4-3-5-16(13)19/h3-9,14H,2,10H2,1H3. The Bertz CT molecular complexity index is 529. The number of alkyl halides is 1. The van der Waals surface area contributed by atoms with Crippen molar-refractivity contribution in [3.8, 4) is 0 Å². The first-order chi connectivity index (χ1) is 9.11. The smallest absolute Gasteiger partial charge is 0.129 e. The van der Waals surface area contributed by atoms with Gasteiger partial charge in [-0.2, -0.15) is 0 Å². The summed E-state index contributed by atoms with van der Waals surface area (Å²) in [5, 5.41) is -0.433. The Kier molecular flexibility index (Phi) is 4.54. The van der Waals surface area contributed by atoms with Crippen LogP contribution in [0.5, 0.6) is 0 Å². The van der Waals surface area contributed by atoms with Crippen molar-refractivity contribution >= 4 is 11.6 Å². The first-order valence-corrected chi connectivity index (χ1v) is 6.71. The summed E-state index contributed by atoms with van der Waals surface area (Å²) < 4.78 is 27.1. The molecule has 2 aromatic carbocycles. The molecule has 1 atom stereocenters. The highest BCUT2D eigenvalue weighted by molar-refractivity contribution is 6.20. The maximum atomic E-state index is 13.5. The Morgan fingerprint density at radius 2 is 1.58 bits per heavy atom. The van der Waals surface area contributed by atoms with Gasteiger partial charge in [0.2, 0.25) is 0 Å². The van der Waals surface area contributed by atoms with Crippen LogP contribution in [0.15, 0.2) is 42.5 Å². The number of rotatable bonds is 4. The van der Waals surface area contributed by atoms with Crippen LogP contribution in [0.2, 0.25) is 0 Å². The van der Waals surface area contributed by atoms with Crippen molar-refractivity contribution in [2.24, 2.45) is 0 Å². The average Bonchev–Trinajstić information content (AvgIpc) is 2.43. The van der Waals surface area contributed by atoms with Crippen LogP contribution >= 0.6 is 11.6 Å². The average molecular weight is 281 g/mol. The largest absolute Gasteiger partial charge is 0.207 e. The summed E-state index contributed by atoms with van der Waals surface area (Å²) in [5.74, 6) is -1.09. The molecule has 0 aliphatic carbocycles. The molecule has 0 nitrogen and oxygen atoms in total. The zero-order valence-corrected chi connectivity index (χ0v) is 11.4. The van der Waals surface area contributed by atoms with Gasteiger partial charge in [0, 0.05) is 5.56 Å². The highest BCUT2D eigenvalue weighted by atomic mass is 35.5. The molecule has 2 aromatic rings. The van der Waals surface area contributed by atoms with E-state index in [0.29, 0.717) is 0 Å². The lowest BCUT2D eigenvalue weighted by Crippen LogP contribution is -2.01. The van der Waals surface area contributed by atoms with Crippen LogP contribution in [0.1, 0.15) is 29.0 Å². The molecule has 1 unspecified atom stereocenters. The third-order valence-corrected chi connectivity index (χ3v) is 3.60. The Balaban J connectivity index is 2.18. The van der Waals surface area contributed by atoms with E-state index in [0.717, 1.165) is 12.0 Å². The van der Waals surface area contributed by atoms with Gasteiger partial charge in [-0.05, 0) is 36.1 Å². The van der Waals surface area contributed by atoms with Gasteiger partial charge in [0.1, 0.15) is 11.6 Å². The van der Waals surface area contributed by atoms with Crippen molar-refractivity contribution in [1.29, 1.82) is 0 Å². The van der Waals surface area contributed by atoms with Crippen LogP contribution in [0, 0.1) is 11.6 Å². The SMILES string of the molecule is CCc1ccc(C(Cl)Cc2c(F)cccc2F)cc1. The van der Waals surface area contributed by atoms with Crippen molar-refractivity contribution < 1.29 is 8.78 Å². The van der Waals surface area contributed by atoms with Crippen LogP contribution in [-0.2, 0) is 12.8 Å². The molecule has 0 aliphatic rings. The minimum Gasteiger partial charge on any atom is -0.207 e. The van der Waals surface area contributed by atoms with Gasteiger partial charge in [0.15, 0.2) is 0 Å². The van der Waals surface area contributed by atoms with Crippen LogP contribution in [0.3, 0.4) is 0 Å². The van der Waals surface area contributed by atoms with E-state index in [1.807, 2.05) is 24.3 Å². The van der Waals surface area contributed by atoms with E-state index in [1.165, 1.54) is 23.8 Å². The molecule has 3 heteroatoms. The van der Waals surface area contributed by atoms with E-state index in [-0.39, 0.29) is 12.0 Å². The van der Waals surface area contributed by atoms with E-state index >= 15 is 0 Å². The van der Waals surface area contributed by atoms with E-state index in [4.69, 9.17) is 11.6 Å². The molecule has 0 bridgehead atoms. The monoisotopic (exact) mass is 280 g/mol. The fraction of sp³-hybridized carbons (Fsp3) is 0.250. The summed E-state index contributed by atoms with van der Waals surface area (Å²) in [4.78, 5) is 0. The summed E-state index contributed by atoms with van der Waals surface area (Å²) in [7, 11) is 0. The lowest BCUT2D eigenvalue weighted by molar-refractivity contribution is 0.553. The Morgan fingerprint density at radius 1 is 1.00 bits per heavy atom. The first kappa shape index (κ1) is 14.0. The number of halogens is 3. The minimum absolute atomic E-state index is 0.0436. The van der Waals surface area contributed by atoms with Crippen molar-refractivity contribution in [2.45, 2.75) is 25.1 Å². The van der Waals surface area contributed by atoms with Crippen LogP contribution in [0.4, 0.5) is 8.78 Å². The summed E-state index contributed by atoms with van der Waals surface area (Å²) in [6.07, 6.45) is 1.10. The second kappa shape index (κ2) is 6.16. The second-order valence-electron chi connectivity index (χ2n) is 4.47. The van der Waals surface area contributed by atoms with Gasteiger partial charge in [-0.25, -0.2) is 8.78 Å². The number of aryl methyl sites for hydroxylation is 1. The van der Waals surface area contributed by atoms with Crippen molar-refractivity contribution in [3.63, 3.8) is 0 Å². The molecule has 0 saturated heterocycles. The van der Waals surface area contributed by atoms with E-state index in [1.54, 1.807) is 0 Å². The zero-order chi connectivity index (χ0) is 13.8. The van der Waals surface area contributed by atoms with Gasteiger partial charge in [-0.1, -0.05) is 37.3 Å². The lowest BCUT2D eigenvalue weighted by atomic mass is 10.0. The van der Waals surface area contributed by atoms with E-state index in [9.17, 15) is 8.78 Å². The van der Waals surface area contributed by atoms with Gasteiger partial charge < -0.3 is 0 Å². The molecule has 0 aliphatic heterocycles. The lowest BCUT2D eigenvalue weighted by Gasteiger charge is -2.12. The maximum absolute atomic E-state index is 13.5. The molecule has 0 N–H and O–H groups in total. The van der Waals surface area contributed by atoms with Crippen LogP contribution < -0.4 is 0 Å². The topological polar surface area (TPSA) is 0 Å². The summed E-state index contributed by atoms with van der Waals surface area (Å²) in [6.45, 7) is 2.07. The molecule has 0 saturated carbocycles. The molecule has 0 heterocycles. The highest BCUT2D eigenvalue weighted by Crippen LogP contribution is 2.27. The Labute approximate surface area is 117 Å². The quantitative estimate of drug-likeness (QED) is 0.688. The van der Waals surface area contributed by atoms with Crippen molar-refractivity contribution in [3.05, 3.63) is 70.8 Å². The second-order valence-corrected chi connectivity index (χ2v) is 4.99. The van der Waals surface area contributed by atoms with Crippen LogP contribution in [-0.4, -0.2) is 0 Å². The van der Waals surface area contributed by atoms with Gasteiger partial charge in [-0.15, -0.1) is 11.6 Å². The zero-order valence-electron chi connectivity index (χ0n) is 10.7. The van der Waals surface area contributed by atoms with Gasteiger partial charge >= 0.3 is 0 Å². The summed E-state index contributed by atoms with van der Waals surface area (Å²) in [6, 6.07) is 11.7. The van der Waals surface area contributed by atoms with E-state index in [2.05, 4.69) is 6.92 Å². The number of benzene rings is 2. The Morgan fingerprint density at radius 3 is 2.11 bits per heavy atom. The van der Waals surface area contributed by atoms with Gasteiger partial charge in [0.25, 0.3) is 0 Å². The minimum atomic E-state index is -0.546. The van der Waals surface area contributed by atoms with Crippen molar-refractivity contribution in [2.75, 3.05) is 0 Å². The fourth-order valence-electron chi connectivity index (χ4n) is 1.99. The van der Waals surface area contributed by atoms with Crippen LogP contribution in [0.25, 0.3) is 0 Å². The molecular formula is C16H15ClF2. The number of hydrogen-bond donors (Lipinski definition) is 0. The van der Waals surface area contributed by atoms with Gasteiger partial charge in [-0.3, -0.25) is 0 Å². The first-order valence-electron chi connectivity index (χ1n) is 6.27. The molecule has 0 amide bonds. The molecule has 0 aromatic heterocycles.